The van der Waals surface area contributed by atoms with E-state index in [2.05, 4.69) is 26.1 Å². The van der Waals surface area contributed by atoms with E-state index in [4.69, 9.17) is 8.83 Å². The van der Waals surface area contributed by atoms with E-state index in [1.807, 2.05) is 38.1 Å². The summed E-state index contributed by atoms with van der Waals surface area (Å²) < 4.78 is 11.2. The molecule has 0 bridgehead atoms. The molecule has 2 aromatic heterocycles. The maximum absolute atomic E-state index is 12.8. The number of anilines is 1. The normalized spacial score (nSPS) is 17.8. The highest BCUT2D eigenvalue weighted by molar-refractivity contribution is 6.39. The van der Waals surface area contributed by atoms with Crippen LogP contribution in [-0.4, -0.2) is 46.4 Å². The fourth-order valence-electron chi connectivity index (χ4n) is 3.31. The Morgan fingerprint density at radius 1 is 1.23 bits per heavy atom. The number of ketones is 1. The zero-order chi connectivity index (χ0) is 21.3. The molecule has 0 saturated carbocycles. The van der Waals surface area contributed by atoms with Gasteiger partial charge in [-0.1, -0.05) is 37.1 Å². The minimum Gasteiger partial charge on any atom is -0.463 e. The number of nitrogens with zero attached hydrogens (tertiary/aromatic N) is 2. The van der Waals surface area contributed by atoms with Crippen LogP contribution in [0.25, 0.3) is 22.4 Å². The Morgan fingerprint density at radius 2 is 2.03 bits per heavy atom. The molecule has 1 aromatic carbocycles. The Morgan fingerprint density at radius 3 is 2.83 bits per heavy atom. The number of rotatable bonds is 6. The Bertz CT molecular complexity index is 1100. The lowest BCUT2D eigenvalue weighted by Gasteiger charge is -2.26. The smallest absolute Gasteiger partial charge is 0.316 e. The van der Waals surface area contributed by atoms with E-state index in [0.717, 1.165) is 5.39 Å². The van der Waals surface area contributed by atoms with Crippen LogP contribution in [0, 0.1) is 5.92 Å². The number of fused-ring (bicyclic) bond motifs is 1. The molecule has 4 rings (SSSR count). The van der Waals surface area contributed by atoms with Gasteiger partial charge in [-0.2, -0.15) is 0 Å². The molecule has 3 heterocycles. The van der Waals surface area contributed by atoms with Crippen molar-refractivity contribution in [1.82, 2.24) is 20.8 Å². The Hall–Kier alpha value is -3.69. The summed E-state index contributed by atoms with van der Waals surface area (Å²) in [5.41, 5.74) is 1.34. The first-order chi connectivity index (χ1) is 14.4. The summed E-state index contributed by atoms with van der Waals surface area (Å²) in [5, 5.41) is 16.9. The van der Waals surface area contributed by atoms with Gasteiger partial charge in [-0.3, -0.25) is 14.4 Å². The number of furan rings is 1. The van der Waals surface area contributed by atoms with Crippen LogP contribution in [0.3, 0.4) is 0 Å². The zero-order valence-corrected chi connectivity index (χ0v) is 16.5. The number of benzene rings is 1. The third kappa shape index (κ3) is 3.76. The highest BCUT2D eigenvalue weighted by Crippen LogP contribution is 2.30. The molecule has 1 aliphatic rings. The Balaban J connectivity index is 1.49. The molecule has 156 valence electrons. The highest BCUT2D eigenvalue weighted by Gasteiger charge is 2.33. The fraction of sp³-hybridized carbons (Fsp3) is 0.350. The average molecular weight is 411 g/mol. The molecule has 0 radical (unpaired) electrons. The molecule has 1 fully saturated rings. The van der Waals surface area contributed by atoms with Crippen molar-refractivity contribution in [2.75, 3.05) is 11.9 Å². The number of nitrogens with one attached hydrogen (secondary N) is 3. The minimum atomic E-state index is -0.843. The molecule has 1 aliphatic heterocycles. The maximum Gasteiger partial charge on any atom is 0.316 e. The largest absolute Gasteiger partial charge is 0.463 e. The van der Waals surface area contributed by atoms with Gasteiger partial charge >= 0.3 is 6.01 Å². The number of carbonyl (C=O) groups is 3. The van der Waals surface area contributed by atoms with Crippen molar-refractivity contribution >= 4 is 34.6 Å². The van der Waals surface area contributed by atoms with Gasteiger partial charge in [0.25, 0.3) is 11.8 Å². The number of aromatic nitrogens is 2. The number of carbonyl (C=O) groups excluding carboxylic acids is 3. The summed E-state index contributed by atoms with van der Waals surface area (Å²) in [6.07, 6.45) is 1.88. The third-order valence-electron chi connectivity index (χ3n) is 4.94. The molecule has 3 aromatic rings. The van der Waals surface area contributed by atoms with Gasteiger partial charge in [0.05, 0.1) is 11.6 Å². The van der Waals surface area contributed by atoms with Crippen LogP contribution in [-0.2, 0) is 14.4 Å². The van der Waals surface area contributed by atoms with Crippen LogP contribution in [0.1, 0.15) is 20.3 Å². The second-order valence-electron chi connectivity index (χ2n) is 7.39. The minimum absolute atomic E-state index is 0.0665. The Kier molecular flexibility index (Phi) is 5.21. The fourth-order valence-corrected chi connectivity index (χ4v) is 3.31. The standard InChI is InChI=1S/C20H21N5O5/c1-10(2)15(17(27)22-13-7-8-21-18(28)16(13)26)23-20-25-24-19(30-20)12-9-29-14-6-4-3-5-11(12)14/h3-6,9-10,13,15H,7-8H2,1-2H3,(H,21,28)(H,22,27)(H,23,25). The number of hydrogen-bond donors (Lipinski definition) is 3. The summed E-state index contributed by atoms with van der Waals surface area (Å²) in [6, 6.07) is 5.94. The topological polar surface area (TPSA) is 139 Å². The van der Waals surface area contributed by atoms with Crippen molar-refractivity contribution < 1.29 is 23.2 Å². The van der Waals surface area contributed by atoms with Crippen molar-refractivity contribution in [3.63, 3.8) is 0 Å². The summed E-state index contributed by atoms with van der Waals surface area (Å²) in [5.74, 6) is -1.66. The van der Waals surface area contributed by atoms with Gasteiger partial charge in [-0.15, -0.1) is 5.10 Å². The van der Waals surface area contributed by atoms with E-state index in [1.54, 1.807) is 0 Å². The molecule has 0 aliphatic carbocycles. The number of amides is 2. The van der Waals surface area contributed by atoms with Gasteiger partial charge in [0.2, 0.25) is 11.7 Å². The van der Waals surface area contributed by atoms with E-state index in [0.29, 0.717) is 24.1 Å². The zero-order valence-electron chi connectivity index (χ0n) is 16.5. The Labute approximate surface area is 171 Å². The number of para-hydroxylation sites is 1. The molecule has 0 spiro atoms. The predicted octanol–water partition coefficient (Wildman–Crippen LogP) is 1.49. The number of hydrogen-bond acceptors (Lipinski definition) is 8. The van der Waals surface area contributed by atoms with Crippen LogP contribution in [0.5, 0.6) is 0 Å². The lowest BCUT2D eigenvalue weighted by molar-refractivity contribution is -0.141. The van der Waals surface area contributed by atoms with Gasteiger partial charge in [0.1, 0.15) is 17.9 Å². The maximum atomic E-state index is 12.8. The van der Waals surface area contributed by atoms with E-state index >= 15 is 0 Å². The SMILES string of the molecule is CC(C)C(Nc1nnc(-c2coc3ccccc23)o1)C(=O)NC1CCNC(=O)C1=O. The van der Waals surface area contributed by atoms with E-state index in [9.17, 15) is 14.4 Å². The summed E-state index contributed by atoms with van der Waals surface area (Å²) in [7, 11) is 0. The van der Waals surface area contributed by atoms with E-state index < -0.39 is 29.7 Å². The predicted molar refractivity (Wildman–Crippen MR) is 106 cm³/mol. The molecule has 1 saturated heterocycles. The highest BCUT2D eigenvalue weighted by atomic mass is 16.4. The molecule has 10 nitrogen and oxygen atoms in total. The van der Waals surface area contributed by atoms with Crippen LogP contribution < -0.4 is 16.0 Å². The molecule has 3 N–H and O–H groups in total. The first kappa shape index (κ1) is 19.6. The van der Waals surface area contributed by atoms with Crippen molar-refractivity contribution in [3.05, 3.63) is 30.5 Å². The number of Topliss-reactive ketones (excluding diaryl/α,β-unsaturated/α-hetero) is 1. The third-order valence-corrected chi connectivity index (χ3v) is 4.94. The molecular formula is C20H21N5O5. The summed E-state index contributed by atoms with van der Waals surface area (Å²) >= 11 is 0. The second kappa shape index (κ2) is 7.97. The van der Waals surface area contributed by atoms with Gasteiger partial charge in [0, 0.05) is 11.9 Å². The van der Waals surface area contributed by atoms with E-state index in [-0.39, 0.29) is 17.8 Å². The monoisotopic (exact) mass is 411 g/mol. The van der Waals surface area contributed by atoms with Crippen molar-refractivity contribution in [2.45, 2.75) is 32.4 Å². The molecule has 2 unspecified atom stereocenters. The van der Waals surface area contributed by atoms with Gasteiger partial charge < -0.3 is 24.8 Å². The first-order valence-corrected chi connectivity index (χ1v) is 9.63. The van der Waals surface area contributed by atoms with Crippen molar-refractivity contribution in [3.8, 4) is 11.5 Å². The van der Waals surface area contributed by atoms with Gasteiger partial charge in [-0.25, -0.2) is 0 Å². The van der Waals surface area contributed by atoms with Crippen LogP contribution in [0.4, 0.5) is 6.01 Å². The summed E-state index contributed by atoms with van der Waals surface area (Å²) in [6.45, 7) is 4.02. The molecule has 30 heavy (non-hydrogen) atoms. The molecule has 2 atom stereocenters. The molecule has 2 amide bonds. The van der Waals surface area contributed by atoms with Crippen molar-refractivity contribution in [1.29, 1.82) is 0 Å². The first-order valence-electron chi connectivity index (χ1n) is 9.63. The van der Waals surface area contributed by atoms with Crippen molar-refractivity contribution in [2.24, 2.45) is 5.92 Å². The molecular weight excluding hydrogens is 390 g/mol. The van der Waals surface area contributed by atoms with E-state index in [1.165, 1.54) is 6.26 Å². The summed E-state index contributed by atoms with van der Waals surface area (Å²) in [4.78, 5) is 36.2. The number of piperidine rings is 1. The van der Waals surface area contributed by atoms with Gasteiger partial charge in [-0.05, 0) is 18.4 Å². The van der Waals surface area contributed by atoms with Crippen LogP contribution >= 0.6 is 0 Å². The van der Waals surface area contributed by atoms with Gasteiger partial charge in [0.15, 0.2) is 0 Å². The van der Waals surface area contributed by atoms with Crippen LogP contribution in [0.15, 0.2) is 39.4 Å². The second-order valence-corrected chi connectivity index (χ2v) is 7.39. The van der Waals surface area contributed by atoms with Crippen LogP contribution in [0.2, 0.25) is 0 Å². The quantitative estimate of drug-likeness (QED) is 0.519. The molecule has 10 heteroatoms. The lowest BCUT2D eigenvalue weighted by atomic mass is 10.0. The average Bonchev–Trinajstić information content (AvgIpc) is 3.36. The lowest BCUT2D eigenvalue weighted by Crippen LogP contribution is -2.56.